The average molecular weight is 506 g/mol. The second kappa shape index (κ2) is 14.8. The van der Waals surface area contributed by atoms with Crippen LogP contribution in [0, 0.1) is 11.8 Å². The summed E-state index contributed by atoms with van der Waals surface area (Å²) >= 11 is 0. The first kappa shape index (κ1) is 28.7. The van der Waals surface area contributed by atoms with Crippen molar-refractivity contribution in [1.29, 1.82) is 0 Å². The number of Topliss-reactive ketones (excluding diaryl/α,β-unsaturated/α-hetero) is 1. The lowest BCUT2D eigenvalue weighted by atomic mass is 9.97. The predicted molar refractivity (Wildman–Crippen MR) is 157 cm³/mol. The van der Waals surface area contributed by atoms with Crippen LogP contribution in [0.15, 0.2) is 53.7 Å². The Bertz CT molecular complexity index is 1000. The Kier molecular flexibility index (Phi) is 11.5. The summed E-state index contributed by atoms with van der Waals surface area (Å²) in [6, 6.07) is 16.4. The van der Waals surface area contributed by atoms with E-state index in [4.69, 9.17) is 0 Å². The molecule has 0 spiro atoms. The smallest absolute Gasteiger partial charge is 0.165 e. The fourth-order valence-electron chi connectivity index (χ4n) is 5.32. The van der Waals surface area contributed by atoms with E-state index in [-0.39, 0.29) is 5.78 Å². The Morgan fingerprint density at radius 1 is 0.703 bits per heavy atom. The van der Waals surface area contributed by atoms with Crippen LogP contribution in [0.3, 0.4) is 0 Å². The summed E-state index contributed by atoms with van der Waals surface area (Å²) < 4.78 is 0. The van der Waals surface area contributed by atoms with E-state index in [0.29, 0.717) is 18.3 Å². The molecule has 5 nitrogen and oxygen atoms in total. The molecular weight excluding hydrogens is 458 g/mol. The molecule has 2 aromatic rings. The number of rotatable bonds is 8. The molecule has 202 valence electrons. The molecule has 2 heterocycles. The van der Waals surface area contributed by atoms with Crippen molar-refractivity contribution in [3.63, 3.8) is 0 Å². The van der Waals surface area contributed by atoms with E-state index in [2.05, 4.69) is 66.9 Å². The maximum Gasteiger partial charge on any atom is 0.165 e. The molecule has 2 fully saturated rings. The van der Waals surface area contributed by atoms with Gasteiger partial charge in [0.25, 0.3) is 0 Å². The number of carbonyl (C=O) groups is 1. The largest absolute Gasteiger partial charge is 0.411 e. The lowest BCUT2D eigenvalue weighted by Crippen LogP contribution is -2.30. The van der Waals surface area contributed by atoms with E-state index in [0.717, 1.165) is 55.1 Å². The van der Waals surface area contributed by atoms with Crippen LogP contribution in [0.1, 0.15) is 95.0 Å². The predicted octanol–water partition coefficient (Wildman–Crippen LogP) is 7.81. The number of benzene rings is 2. The third-order valence-corrected chi connectivity index (χ3v) is 7.13. The highest BCUT2D eigenvalue weighted by Crippen LogP contribution is 2.27. The number of piperidine rings is 2. The van der Waals surface area contributed by atoms with Crippen LogP contribution in [0.5, 0.6) is 0 Å². The topological polar surface area (TPSA) is 56.1 Å². The van der Waals surface area contributed by atoms with Crippen molar-refractivity contribution < 1.29 is 10.0 Å². The molecule has 0 unspecified atom stereocenters. The van der Waals surface area contributed by atoms with Crippen LogP contribution in [0.2, 0.25) is 0 Å². The van der Waals surface area contributed by atoms with Gasteiger partial charge in [0.1, 0.15) is 0 Å². The van der Waals surface area contributed by atoms with Gasteiger partial charge in [-0.1, -0.05) is 63.2 Å². The summed E-state index contributed by atoms with van der Waals surface area (Å²) in [4.78, 5) is 17.1. The number of anilines is 2. The molecule has 0 radical (unpaired) electrons. The van der Waals surface area contributed by atoms with Crippen molar-refractivity contribution in [3.8, 4) is 0 Å². The lowest BCUT2D eigenvalue weighted by Gasteiger charge is -2.30. The van der Waals surface area contributed by atoms with E-state index in [1.165, 1.54) is 44.2 Å². The highest BCUT2D eigenvalue weighted by molar-refractivity contribution is 6.05. The highest BCUT2D eigenvalue weighted by atomic mass is 16.4. The standard InChI is InChI=1S/C16H24N2O.C16H23NO/c1-13(2)12-15(17-19)14-8-4-5-9-16(14)18-10-6-3-7-11-18;1-13(2)12-16(18)14-8-4-5-9-15(14)17-10-6-3-7-11-17/h4-5,8-9,13,19H,3,6-7,10-12H2,1-2H3;4-5,8-9,13H,3,6-7,10-12H2,1-2H3/b17-15+;. The Labute approximate surface area is 224 Å². The molecule has 1 N–H and O–H groups in total. The minimum Gasteiger partial charge on any atom is -0.411 e. The Balaban J connectivity index is 0.000000206. The average Bonchev–Trinajstić information content (AvgIpc) is 2.92. The summed E-state index contributed by atoms with van der Waals surface area (Å²) in [5.41, 5.74) is 5.16. The van der Waals surface area contributed by atoms with Crippen molar-refractivity contribution >= 4 is 22.9 Å². The van der Waals surface area contributed by atoms with Gasteiger partial charge in [0.05, 0.1) is 5.71 Å². The Morgan fingerprint density at radius 2 is 1.14 bits per heavy atom. The summed E-state index contributed by atoms with van der Waals surface area (Å²) in [5.74, 6) is 1.19. The van der Waals surface area contributed by atoms with Gasteiger partial charge >= 0.3 is 0 Å². The molecule has 0 bridgehead atoms. The van der Waals surface area contributed by atoms with E-state index in [9.17, 15) is 10.0 Å². The highest BCUT2D eigenvalue weighted by Gasteiger charge is 2.19. The van der Waals surface area contributed by atoms with Crippen LogP contribution in [0.25, 0.3) is 0 Å². The van der Waals surface area contributed by atoms with E-state index < -0.39 is 0 Å². The monoisotopic (exact) mass is 505 g/mol. The maximum absolute atomic E-state index is 12.3. The van der Waals surface area contributed by atoms with E-state index >= 15 is 0 Å². The molecule has 0 aliphatic carbocycles. The molecule has 5 heteroatoms. The van der Waals surface area contributed by atoms with Crippen molar-refractivity contribution in [3.05, 3.63) is 59.7 Å². The molecule has 2 aromatic carbocycles. The van der Waals surface area contributed by atoms with Crippen molar-refractivity contribution in [2.75, 3.05) is 36.0 Å². The van der Waals surface area contributed by atoms with Gasteiger partial charge in [-0.05, 0) is 75.0 Å². The van der Waals surface area contributed by atoms with Gasteiger partial charge in [-0.2, -0.15) is 0 Å². The summed E-state index contributed by atoms with van der Waals surface area (Å²) in [5, 5.41) is 12.9. The number of hydrogen-bond donors (Lipinski definition) is 1. The van der Waals surface area contributed by atoms with Crippen LogP contribution >= 0.6 is 0 Å². The van der Waals surface area contributed by atoms with Gasteiger partial charge in [0.15, 0.2) is 5.78 Å². The third kappa shape index (κ3) is 8.62. The van der Waals surface area contributed by atoms with Gasteiger partial charge < -0.3 is 15.0 Å². The normalized spacial score (nSPS) is 16.5. The number of hydrogen-bond acceptors (Lipinski definition) is 5. The van der Waals surface area contributed by atoms with Crippen LogP contribution < -0.4 is 9.80 Å². The molecule has 2 aliphatic heterocycles. The van der Waals surface area contributed by atoms with Crippen molar-refractivity contribution in [1.82, 2.24) is 0 Å². The van der Waals surface area contributed by atoms with Crippen molar-refractivity contribution in [2.45, 2.75) is 79.1 Å². The number of carbonyl (C=O) groups excluding carboxylic acids is 1. The van der Waals surface area contributed by atoms with Gasteiger partial charge in [0, 0.05) is 55.1 Å². The van der Waals surface area contributed by atoms with Crippen LogP contribution in [-0.2, 0) is 0 Å². The Hall–Kier alpha value is -2.82. The third-order valence-electron chi connectivity index (χ3n) is 7.13. The first-order valence-corrected chi connectivity index (χ1v) is 14.3. The second-order valence-corrected chi connectivity index (χ2v) is 11.3. The lowest BCUT2D eigenvalue weighted by molar-refractivity contribution is 0.0968. The molecule has 0 aromatic heterocycles. The number of para-hydroxylation sites is 2. The summed E-state index contributed by atoms with van der Waals surface area (Å²) in [6.07, 6.45) is 9.09. The maximum atomic E-state index is 12.3. The molecule has 37 heavy (non-hydrogen) atoms. The van der Waals surface area contributed by atoms with Crippen LogP contribution in [-0.4, -0.2) is 42.9 Å². The fraction of sp³-hybridized carbons (Fsp3) is 0.562. The zero-order chi connectivity index (χ0) is 26.6. The molecule has 0 amide bonds. The number of ketones is 1. The van der Waals surface area contributed by atoms with Crippen molar-refractivity contribution in [2.24, 2.45) is 17.0 Å². The number of oxime groups is 1. The zero-order valence-electron chi connectivity index (χ0n) is 23.5. The molecule has 0 saturated carbocycles. The first-order chi connectivity index (χ1) is 17.9. The first-order valence-electron chi connectivity index (χ1n) is 14.3. The summed E-state index contributed by atoms with van der Waals surface area (Å²) in [6.45, 7) is 12.9. The molecule has 0 atom stereocenters. The minimum absolute atomic E-state index is 0.283. The molecule has 2 saturated heterocycles. The second-order valence-electron chi connectivity index (χ2n) is 11.3. The minimum atomic E-state index is 0.283. The SMILES string of the molecule is CC(C)C/C(=N\O)c1ccccc1N1CCCCC1.CC(C)CC(=O)c1ccccc1N1CCCCC1. The number of nitrogens with zero attached hydrogens (tertiary/aromatic N) is 3. The van der Waals surface area contributed by atoms with E-state index in [1.807, 2.05) is 24.3 Å². The van der Waals surface area contributed by atoms with Gasteiger partial charge in [-0.3, -0.25) is 4.79 Å². The quantitative estimate of drug-likeness (QED) is 0.172. The van der Waals surface area contributed by atoms with Crippen LogP contribution in [0.4, 0.5) is 11.4 Å². The molecular formula is C32H47N3O2. The fourth-order valence-corrected chi connectivity index (χ4v) is 5.32. The van der Waals surface area contributed by atoms with Gasteiger partial charge in [0.2, 0.25) is 0 Å². The summed E-state index contributed by atoms with van der Waals surface area (Å²) in [7, 11) is 0. The van der Waals surface area contributed by atoms with Gasteiger partial charge in [-0.25, -0.2) is 0 Å². The molecule has 2 aliphatic rings. The van der Waals surface area contributed by atoms with Gasteiger partial charge in [-0.15, -0.1) is 0 Å². The Morgan fingerprint density at radius 3 is 1.59 bits per heavy atom. The van der Waals surface area contributed by atoms with E-state index in [1.54, 1.807) is 0 Å². The molecule has 4 rings (SSSR count). The zero-order valence-corrected chi connectivity index (χ0v) is 23.5.